The number of nitrogens with two attached hydrogens (primary N) is 1. The van der Waals surface area contributed by atoms with Crippen molar-refractivity contribution in [3.05, 3.63) is 47.4 Å². The number of carbonyl (C=O) groups is 2. The van der Waals surface area contributed by atoms with Gasteiger partial charge >= 0.3 is 0 Å². The Morgan fingerprint density at radius 2 is 2.04 bits per heavy atom. The molecule has 3 heterocycles. The molecule has 1 saturated heterocycles. The summed E-state index contributed by atoms with van der Waals surface area (Å²) in [6.07, 6.45) is -0.852. The second kappa shape index (κ2) is 7.01. The Bertz CT molecular complexity index is 1060. The molecule has 1 aromatic carbocycles. The number of rotatable bonds is 3. The predicted octanol–water partition coefficient (Wildman–Crippen LogP) is 1.66. The summed E-state index contributed by atoms with van der Waals surface area (Å²) in [4.78, 5) is 30.6. The highest BCUT2D eigenvalue weighted by atomic mass is 19.1. The number of aromatic nitrogens is 2. The van der Waals surface area contributed by atoms with Crippen molar-refractivity contribution in [2.75, 3.05) is 19.7 Å². The number of aryl methyl sites for hydroxylation is 1. The van der Waals surface area contributed by atoms with Gasteiger partial charge in [0.1, 0.15) is 5.82 Å². The third-order valence-corrected chi connectivity index (χ3v) is 4.66. The average molecular weight is 384 g/mol. The number of nitrogens with zero attached hydrogens (tertiary/aromatic N) is 3. The minimum Gasteiger partial charge on any atom is -0.367 e. The first-order valence-corrected chi connectivity index (χ1v) is 8.67. The highest BCUT2D eigenvalue weighted by molar-refractivity contribution is 6.07. The SMILES string of the molecule is Cc1noc2nc(-c3ccc(F)cc3)cc(C(=O)N3CCOC(C(N)=O)C3)c12. The van der Waals surface area contributed by atoms with Crippen LogP contribution in [-0.4, -0.2) is 52.7 Å². The predicted molar refractivity (Wildman–Crippen MR) is 96.8 cm³/mol. The normalized spacial score (nSPS) is 17.1. The Morgan fingerprint density at radius 3 is 2.75 bits per heavy atom. The number of hydrogen-bond acceptors (Lipinski definition) is 6. The van der Waals surface area contributed by atoms with Gasteiger partial charge in [0.05, 0.1) is 35.5 Å². The smallest absolute Gasteiger partial charge is 0.259 e. The lowest BCUT2D eigenvalue weighted by molar-refractivity contribution is -0.133. The van der Waals surface area contributed by atoms with Crippen LogP contribution in [0.15, 0.2) is 34.9 Å². The van der Waals surface area contributed by atoms with Crippen LogP contribution < -0.4 is 5.73 Å². The molecule has 2 aromatic heterocycles. The average Bonchev–Trinajstić information content (AvgIpc) is 3.08. The number of halogens is 1. The summed E-state index contributed by atoms with van der Waals surface area (Å²) in [5.74, 6) is -1.30. The van der Waals surface area contributed by atoms with Gasteiger partial charge < -0.3 is 19.9 Å². The van der Waals surface area contributed by atoms with E-state index < -0.39 is 12.0 Å². The third-order valence-electron chi connectivity index (χ3n) is 4.66. The van der Waals surface area contributed by atoms with Gasteiger partial charge in [-0.2, -0.15) is 0 Å². The second-order valence-corrected chi connectivity index (χ2v) is 6.52. The molecule has 4 rings (SSSR count). The molecule has 0 saturated carbocycles. The van der Waals surface area contributed by atoms with Crippen molar-refractivity contribution in [1.29, 1.82) is 0 Å². The van der Waals surface area contributed by atoms with E-state index in [0.717, 1.165) is 0 Å². The van der Waals surface area contributed by atoms with E-state index in [-0.39, 0.29) is 30.6 Å². The van der Waals surface area contributed by atoms with Crippen LogP contribution in [0.25, 0.3) is 22.4 Å². The van der Waals surface area contributed by atoms with E-state index in [1.165, 1.54) is 17.0 Å². The maximum absolute atomic E-state index is 13.3. The van der Waals surface area contributed by atoms with Crippen molar-refractivity contribution in [1.82, 2.24) is 15.0 Å². The Kier molecular flexibility index (Phi) is 4.52. The fraction of sp³-hybridized carbons (Fsp3) is 0.263. The maximum atomic E-state index is 13.3. The zero-order valence-electron chi connectivity index (χ0n) is 15.0. The lowest BCUT2D eigenvalue weighted by Crippen LogP contribution is -2.50. The van der Waals surface area contributed by atoms with E-state index in [9.17, 15) is 14.0 Å². The molecule has 2 amide bonds. The van der Waals surface area contributed by atoms with Gasteiger partial charge in [-0.15, -0.1) is 0 Å². The lowest BCUT2D eigenvalue weighted by Gasteiger charge is -2.31. The minimum absolute atomic E-state index is 0.0637. The molecule has 8 nitrogen and oxygen atoms in total. The van der Waals surface area contributed by atoms with E-state index in [2.05, 4.69) is 10.1 Å². The van der Waals surface area contributed by atoms with Gasteiger partial charge in [0, 0.05) is 12.1 Å². The van der Waals surface area contributed by atoms with Crippen LogP contribution >= 0.6 is 0 Å². The Balaban J connectivity index is 1.78. The number of morpholine rings is 1. The number of pyridine rings is 1. The number of carbonyl (C=O) groups excluding carboxylic acids is 2. The molecule has 3 aromatic rings. The van der Waals surface area contributed by atoms with Gasteiger partial charge in [0.25, 0.3) is 11.6 Å². The van der Waals surface area contributed by atoms with E-state index in [1.807, 2.05) is 0 Å². The summed E-state index contributed by atoms with van der Waals surface area (Å²) in [7, 11) is 0. The minimum atomic E-state index is -0.852. The number of benzene rings is 1. The van der Waals surface area contributed by atoms with Gasteiger partial charge in [-0.25, -0.2) is 9.37 Å². The molecule has 9 heteroatoms. The fourth-order valence-electron chi connectivity index (χ4n) is 3.21. The molecule has 1 fully saturated rings. The molecule has 0 radical (unpaired) electrons. The zero-order valence-corrected chi connectivity index (χ0v) is 15.0. The van der Waals surface area contributed by atoms with Crippen LogP contribution in [-0.2, 0) is 9.53 Å². The van der Waals surface area contributed by atoms with E-state index >= 15 is 0 Å². The van der Waals surface area contributed by atoms with Gasteiger partial charge in [0.2, 0.25) is 5.91 Å². The molecule has 2 N–H and O–H groups in total. The van der Waals surface area contributed by atoms with Crippen LogP contribution in [0.5, 0.6) is 0 Å². The molecule has 28 heavy (non-hydrogen) atoms. The summed E-state index contributed by atoms with van der Waals surface area (Å²) in [6.45, 7) is 2.31. The van der Waals surface area contributed by atoms with Crippen molar-refractivity contribution in [3.8, 4) is 11.3 Å². The monoisotopic (exact) mass is 384 g/mol. The van der Waals surface area contributed by atoms with E-state index in [1.54, 1.807) is 25.1 Å². The molecule has 1 atom stereocenters. The van der Waals surface area contributed by atoms with Crippen LogP contribution in [0, 0.1) is 12.7 Å². The summed E-state index contributed by atoms with van der Waals surface area (Å²) in [5, 5.41) is 4.41. The molecule has 0 bridgehead atoms. The largest absolute Gasteiger partial charge is 0.367 e. The lowest BCUT2D eigenvalue weighted by atomic mass is 10.0. The zero-order chi connectivity index (χ0) is 19.8. The first-order valence-electron chi connectivity index (χ1n) is 8.67. The van der Waals surface area contributed by atoms with Gasteiger partial charge in [-0.05, 0) is 37.3 Å². The van der Waals surface area contributed by atoms with Crippen LogP contribution in [0.2, 0.25) is 0 Å². The molecule has 0 spiro atoms. The van der Waals surface area contributed by atoms with Crippen molar-refractivity contribution in [3.63, 3.8) is 0 Å². The summed E-state index contributed by atoms with van der Waals surface area (Å²) in [6, 6.07) is 7.38. The molecular weight excluding hydrogens is 367 g/mol. The highest BCUT2D eigenvalue weighted by Gasteiger charge is 2.30. The first-order chi connectivity index (χ1) is 13.4. The number of ether oxygens (including phenoxy) is 1. The molecular formula is C19H17FN4O4. The number of amides is 2. The first kappa shape index (κ1) is 18.1. The van der Waals surface area contributed by atoms with Crippen molar-refractivity contribution >= 4 is 22.9 Å². The fourth-order valence-corrected chi connectivity index (χ4v) is 3.21. The Morgan fingerprint density at radius 1 is 1.29 bits per heavy atom. The third kappa shape index (κ3) is 3.20. The summed E-state index contributed by atoms with van der Waals surface area (Å²) in [5.41, 5.74) is 7.47. The summed E-state index contributed by atoms with van der Waals surface area (Å²) < 4.78 is 23.8. The molecule has 1 aliphatic rings. The van der Waals surface area contributed by atoms with Crippen molar-refractivity contribution in [2.24, 2.45) is 5.73 Å². The second-order valence-electron chi connectivity index (χ2n) is 6.52. The van der Waals surface area contributed by atoms with Gasteiger partial charge in [0.15, 0.2) is 6.10 Å². The molecule has 0 aliphatic carbocycles. The Hall–Kier alpha value is -3.33. The molecule has 144 valence electrons. The van der Waals surface area contributed by atoms with E-state index in [0.29, 0.717) is 34.4 Å². The number of primary amides is 1. The van der Waals surface area contributed by atoms with E-state index in [4.69, 9.17) is 15.0 Å². The van der Waals surface area contributed by atoms with Crippen LogP contribution in [0.4, 0.5) is 4.39 Å². The molecule has 1 unspecified atom stereocenters. The highest BCUT2D eigenvalue weighted by Crippen LogP contribution is 2.28. The number of fused-ring (bicyclic) bond motifs is 1. The van der Waals surface area contributed by atoms with Crippen molar-refractivity contribution in [2.45, 2.75) is 13.0 Å². The maximum Gasteiger partial charge on any atom is 0.259 e. The number of hydrogen-bond donors (Lipinski definition) is 1. The standard InChI is InChI=1S/C19H17FN4O4/c1-10-16-13(19(26)24-6-7-27-15(9-24)17(21)25)8-14(22-18(16)28-23-10)11-2-4-12(20)5-3-11/h2-5,8,15H,6-7,9H2,1H3,(H2,21,25). The van der Waals surface area contributed by atoms with Crippen LogP contribution in [0.1, 0.15) is 16.1 Å². The van der Waals surface area contributed by atoms with Crippen molar-refractivity contribution < 1.29 is 23.2 Å². The Labute approximate surface area is 159 Å². The summed E-state index contributed by atoms with van der Waals surface area (Å²) >= 11 is 0. The van der Waals surface area contributed by atoms with Crippen LogP contribution in [0.3, 0.4) is 0 Å². The van der Waals surface area contributed by atoms with Gasteiger partial charge in [-0.3, -0.25) is 9.59 Å². The molecule has 1 aliphatic heterocycles. The topological polar surface area (TPSA) is 112 Å². The quantitative estimate of drug-likeness (QED) is 0.735. The van der Waals surface area contributed by atoms with Gasteiger partial charge in [-0.1, -0.05) is 5.16 Å².